The maximum absolute atomic E-state index is 5.60. The number of allylic oxidation sites excluding steroid dienone is 4. The van der Waals surface area contributed by atoms with Crippen LogP contribution in [0, 0.1) is 0 Å². The Balaban J connectivity index is 2.74. The van der Waals surface area contributed by atoms with Crippen LogP contribution in [-0.4, -0.2) is 37.6 Å². The first-order valence-corrected chi connectivity index (χ1v) is 7.64. The molecule has 0 N–H and O–H groups in total. The summed E-state index contributed by atoms with van der Waals surface area (Å²) in [6.45, 7) is 12.0. The highest BCUT2D eigenvalue weighted by atomic mass is 28.1. The van der Waals surface area contributed by atoms with Crippen molar-refractivity contribution in [2.24, 2.45) is 0 Å². The van der Waals surface area contributed by atoms with Crippen LogP contribution in [-0.2, 0) is 9.31 Å². The van der Waals surface area contributed by atoms with E-state index in [0.717, 1.165) is 10.2 Å². The summed E-state index contributed by atoms with van der Waals surface area (Å²) in [5, 5.41) is 0. The van der Waals surface area contributed by atoms with Gasteiger partial charge in [-0.2, -0.15) is 0 Å². The lowest BCUT2D eigenvalue weighted by molar-refractivity contribution is 0.231. The van der Waals surface area contributed by atoms with Crippen LogP contribution in [0.15, 0.2) is 22.2 Å². The van der Waals surface area contributed by atoms with Gasteiger partial charge in [0.25, 0.3) is 0 Å². The highest BCUT2D eigenvalue weighted by Gasteiger charge is 2.29. The Morgan fingerprint density at radius 3 is 2.00 bits per heavy atom. The summed E-state index contributed by atoms with van der Waals surface area (Å²) >= 11 is 0. The predicted octanol–water partition coefficient (Wildman–Crippen LogP) is 1.53. The van der Waals surface area contributed by atoms with E-state index in [0.29, 0.717) is 18.8 Å². The van der Waals surface area contributed by atoms with Gasteiger partial charge in [0.15, 0.2) is 7.17 Å². The Morgan fingerprint density at radius 1 is 1.12 bits per heavy atom. The Bertz CT molecular complexity index is 333. The van der Waals surface area contributed by atoms with Crippen molar-refractivity contribution in [1.82, 2.24) is 0 Å². The lowest BCUT2D eigenvalue weighted by Crippen LogP contribution is -2.33. The third kappa shape index (κ3) is 3.36. The molecule has 0 aliphatic heterocycles. The van der Waals surface area contributed by atoms with Crippen LogP contribution in [0.1, 0.15) is 34.6 Å². The average molecular weight is 249 g/mol. The van der Waals surface area contributed by atoms with Crippen LogP contribution >= 0.6 is 0 Å². The second-order valence-corrected chi connectivity index (χ2v) is 5.71. The molecule has 0 spiro atoms. The summed E-state index contributed by atoms with van der Waals surface area (Å²) in [6.07, 6.45) is 0. The molecule has 1 atom stereocenters. The van der Waals surface area contributed by atoms with E-state index in [4.69, 9.17) is 9.31 Å². The highest BCUT2D eigenvalue weighted by Crippen LogP contribution is 2.38. The average Bonchev–Trinajstić information content (AvgIpc) is 2.47. The van der Waals surface area contributed by atoms with Crippen LogP contribution in [0.2, 0.25) is 5.54 Å². The van der Waals surface area contributed by atoms with Gasteiger partial charge in [0.2, 0.25) is 0 Å². The molecular formula is C12H23B2O2Si. The van der Waals surface area contributed by atoms with Crippen molar-refractivity contribution < 1.29 is 9.31 Å². The fourth-order valence-corrected chi connectivity index (χ4v) is 3.34. The normalized spacial score (nSPS) is 20.4. The molecule has 5 heteroatoms. The Labute approximate surface area is 110 Å². The summed E-state index contributed by atoms with van der Waals surface area (Å²) in [5.74, 6) is 0. The summed E-state index contributed by atoms with van der Waals surface area (Å²) in [4.78, 5) is 0. The minimum absolute atomic E-state index is 0.190. The lowest BCUT2D eigenvalue weighted by atomic mass is 9.38. The zero-order valence-electron chi connectivity index (χ0n) is 12.0. The molecule has 0 heterocycles. The SMILES string of the molecule is CCOB([B]C1=C(C)C(C)=C(C)C1[SiH3])OCC. The quantitative estimate of drug-likeness (QED) is 0.664. The molecule has 0 saturated heterocycles. The lowest BCUT2D eigenvalue weighted by Gasteiger charge is -2.17. The van der Waals surface area contributed by atoms with Gasteiger partial charge in [0.05, 0.1) is 0 Å². The molecule has 0 aromatic heterocycles. The van der Waals surface area contributed by atoms with Crippen LogP contribution in [0.5, 0.6) is 0 Å². The van der Waals surface area contributed by atoms with Gasteiger partial charge in [-0.05, 0) is 45.7 Å². The fourth-order valence-electron chi connectivity index (χ4n) is 2.28. The molecule has 0 saturated carbocycles. The highest BCUT2D eigenvalue weighted by molar-refractivity contribution is 7.09. The molecule has 1 radical (unpaired) electrons. The molecule has 0 aromatic carbocycles. The van der Waals surface area contributed by atoms with E-state index in [9.17, 15) is 0 Å². The molecule has 0 bridgehead atoms. The number of hydrogen-bond acceptors (Lipinski definition) is 2. The first-order chi connectivity index (χ1) is 8.02. The monoisotopic (exact) mass is 249 g/mol. The minimum Gasteiger partial charge on any atom is -0.418 e. The van der Waals surface area contributed by atoms with E-state index < -0.39 is 0 Å². The molecule has 93 valence electrons. The zero-order chi connectivity index (χ0) is 13.0. The molecule has 1 aliphatic carbocycles. The van der Waals surface area contributed by atoms with Gasteiger partial charge < -0.3 is 9.31 Å². The maximum atomic E-state index is 5.60. The first-order valence-electron chi connectivity index (χ1n) is 6.49. The van der Waals surface area contributed by atoms with E-state index in [2.05, 4.69) is 27.9 Å². The molecule has 2 nitrogen and oxygen atoms in total. The maximum Gasteiger partial charge on any atom is 0.403 e. The van der Waals surface area contributed by atoms with Crippen LogP contribution < -0.4 is 0 Å². The van der Waals surface area contributed by atoms with Gasteiger partial charge in [0, 0.05) is 23.5 Å². The molecule has 1 aliphatic rings. The van der Waals surface area contributed by atoms with Crippen LogP contribution in [0.25, 0.3) is 0 Å². The molecule has 0 amide bonds. The summed E-state index contributed by atoms with van der Waals surface area (Å²) < 4.78 is 11.2. The van der Waals surface area contributed by atoms with Crippen LogP contribution in [0.4, 0.5) is 0 Å². The topological polar surface area (TPSA) is 18.5 Å². The third-order valence-electron chi connectivity index (χ3n) is 3.68. The van der Waals surface area contributed by atoms with E-state index in [1.54, 1.807) is 0 Å². The van der Waals surface area contributed by atoms with E-state index in [1.807, 2.05) is 13.8 Å². The smallest absolute Gasteiger partial charge is 0.403 e. The van der Waals surface area contributed by atoms with Crippen LogP contribution in [0.3, 0.4) is 0 Å². The standard InChI is InChI=1S/C12H23B2O2Si/c1-6-15-14(16-7-2)13-11-9(4)8(3)10(5)12(11)17/h12H,6-7H2,1-5,17H3. The molecule has 0 aromatic rings. The number of hydrogen-bond donors (Lipinski definition) is 0. The van der Waals surface area contributed by atoms with Gasteiger partial charge in [0.1, 0.15) is 0 Å². The molecule has 0 fully saturated rings. The minimum atomic E-state index is -0.190. The largest absolute Gasteiger partial charge is 0.418 e. The van der Waals surface area contributed by atoms with Gasteiger partial charge in [-0.1, -0.05) is 11.1 Å². The van der Waals surface area contributed by atoms with Gasteiger partial charge >= 0.3 is 7.01 Å². The zero-order valence-corrected chi connectivity index (χ0v) is 14.0. The van der Waals surface area contributed by atoms with Crippen molar-refractivity contribution in [1.29, 1.82) is 0 Å². The van der Waals surface area contributed by atoms with Crippen molar-refractivity contribution in [3.8, 4) is 0 Å². The van der Waals surface area contributed by atoms with Gasteiger partial charge in [-0.15, -0.1) is 5.47 Å². The molecule has 1 rings (SSSR count). The third-order valence-corrected chi connectivity index (χ3v) is 5.17. The van der Waals surface area contributed by atoms with Gasteiger partial charge in [-0.25, -0.2) is 0 Å². The summed E-state index contributed by atoms with van der Waals surface area (Å²) in [5.41, 5.74) is 6.42. The Hall–Kier alpha value is -0.253. The van der Waals surface area contributed by atoms with Crippen molar-refractivity contribution in [3.05, 3.63) is 22.2 Å². The Kier molecular flexibility index (Phi) is 5.76. The van der Waals surface area contributed by atoms with Crippen molar-refractivity contribution in [3.63, 3.8) is 0 Å². The summed E-state index contributed by atoms with van der Waals surface area (Å²) in [7, 11) is 3.13. The van der Waals surface area contributed by atoms with Gasteiger partial charge in [-0.3, -0.25) is 0 Å². The van der Waals surface area contributed by atoms with Crippen molar-refractivity contribution >= 4 is 24.4 Å². The molecule has 1 unspecified atom stereocenters. The first kappa shape index (κ1) is 14.8. The molecule has 17 heavy (non-hydrogen) atoms. The summed E-state index contributed by atoms with van der Waals surface area (Å²) in [6, 6.07) is 0. The van der Waals surface area contributed by atoms with Crippen molar-refractivity contribution in [2.45, 2.75) is 40.2 Å². The van der Waals surface area contributed by atoms with E-state index in [1.165, 1.54) is 22.2 Å². The second kappa shape index (κ2) is 6.62. The Morgan fingerprint density at radius 2 is 1.65 bits per heavy atom. The fraction of sp³-hybridized carbons (Fsp3) is 0.667. The number of rotatable bonds is 6. The predicted molar refractivity (Wildman–Crippen MR) is 79.5 cm³/mol. The molecular weight excluding hydrogens is 226 g/mol. The second-order valence-electron chi connectivity index (χ2n) is 4.56. The van der Waals surface area contributed by atoms with E-state index >= 15 is 0 Å². The van der Waals surface area contributed by atoms with Crippen molar-refractivity contribution in [2.75, 3.05) is 13.2 Å². The van der Waals surface area contributed by atoms with E-state index in [-0.39, 0.29) is 7.01 Å².